The number of hydrogen-bond acceptors (Lipinski definition) is 5. The molecule has 12 rings (SSSR count). The zero-order valence-corrected chi connectivity index (χ0v) is 31.7. The molecule has 6 aromatic heterocycles. The molecule has 274 valence electrons. The minimum absolute atomic E-state index is 0.866. The molecule has 0 aliphatic heterocycles. The fourth-order valence-electron chi connectivity index (χ4n) is 8.54. The molecule has 0 saturated heterocycles. The molecule has 6 heteroatoms. The van der Waals surface area contributed by atoms with Crippen LogP contribution in [0.3, 0.4) is 0 Å². The molecular formula is C53H32N6. The Morgan fingerprint density at radius 3 is 1.49 bits per heavy atom. The summed E-state index contributed by atoms with van der Waals surface area (Å²) in [4.78, 5) is 25.1. The molecule has 0 spiro atoms. The fraction of sp³-hybridized carbons (Fsp3) is 0. The highest BCUT2D eigenvalue weighted by molar-refractivity contribution is 6.22. The number of benzene rings is 6. The second-order valence-corrected chi connectivity index (χ2v) is 14.9. The van der Waals surface area contributed by atoms with Gasteiger partial charge in [0, 0.05) is 67.0 Å². The Morgan fingerprint density at radius 1 is 0.339 bits per heavy atom. The molecule has 12 aromatic rings. The molecule has 59 heavy (non-hydrogen) atoms. The molecule has 0 radical (unpaired) electrons. The third-order valence-electron chi connectivity index (χ3n) is 11.5. The summed E-state index contributed by atoms with van der Waals surface area (Å²) in [5.41, 5.74) is 12.7. The first-order chi connectivity index (χ1) is 29.2. The van der Waals surface area contributed by atoms with Crippen molar-refractivity contribution in [2.75, 3.05) is 0 Å². The van der Waals surface area contributed by atoms with Gasteiger partial charge in [0.1, 0.15) is 5.82 Å². The molecule has 6 heterocycles. The first kappa shape index (κ1) is 33.1. The lowest BCUT2D eigenvalue weighted by molar-refractivity contribution is 1.11. The number of pyridine rings is 5. The van der Waals surface area contributed by atoms with E-state index in [9.17, 15) is 0 Å². The Morgan fingerprint density at radius 2 is 0.864 bits per heavy atom. The molecule has 6 nitrogen and oxygen atoms in total. The minimum Gasteiger partial charge on any atom is -0.293 e. The van der Waals surface area contributed by atoms with Gasteiger partial charge in [-0.1, -0.05) is 97.1 Å². The zero-order valence-electron chi connectivity index (χ0n) is 31.7. The van der Waals surface area contributed by atoms with Gasteiger partial charge in [-0.2, -0.15) is 0 Å². The average Bonchev–Trinajstić information content (AvgIpc) is 3.64. The molecule has 0 saturated carbocycles. The van der Waals surface area contributed by atoms with E-state index >= 15 is 0 Å². The van der Waals surface area contributed by atoms with Crippen LogP contribution in [0.5, 0.6) is 0 Å². The molecule has 6 aromatic carbocycles. The molecule has 0 unspecified atom stereocenters. The summed E-state index contributed by atoms with van der Waals surface area (Å²) in [6.07, 6.45) is 3.86. The second-order valence-electron chi connectivity index (χ2n) is 14.9. The Hall–Kier alpha value is -8.09. The predicted octanol–water partition coefficient (Wildman–Crippen LogP) is 13.0. The molecule has 0 N–H and O–H groups in total. The van der Waals surface area contributed by atoms with E-state index in [2.05, 4.69) is 144 Å². The van der Waals surface area contributed by atoms with Crippen LogP contribution in [0.4, 0.5) is 0 Å². The van der Waals surface area contributed by atoms with E-state index in [0.717, 1.165) is 116 Å². The first-order valence-corrected chi connectivity index (χ1v) is 19.7. The van der Waals surface area contributed by atoms with Gasteiger partial charge < -0.3 is 0 Å². The van der Waals surface area contributed by atoms with Crippen molar-refractivity contribution in [1.29, 1.82) is 0 Å². The van der Waals surface area contributed by atoms with E-state index in [0.29, 0.717) is 0 Å². The maximum atomic E-state index is 5.23. The molecule has 0 bridgehead atoms. The Balaban J connectivity index is 1.04. The van der Waals surface area contributed by atoms with E-state index in [-0.39, 0.29) is 0 Å². The van der Waals surface area contributed by atoms with Crippen LogP contribution in [-0.4, -0.2) is 29.5 Å². The number of fused-ring (bicyclic) bond motifs is 8. The summed E-state index contributed by atoms with van der Waals surface area (Å²) < 4.78 is 2.32. The highest BCUT2D eigenvalue weighted by Crippen LogP contribution is 2.42. The lowest BCUT2D eigenvalue weighted by atomic mass is 9.97. The quantitative estimate of drug-likeness (QED) is 0.175. The normalized spacial score (nSPS) is 11.7. The summed E-state index contributed by atoms with van der Waals surface area (Å²) in [5, 5.41) is 7.81. The van der Waals surface area contributed by atoms with Crippen LogP contribution < -0.4 is 0 Å². The van der Waals surface area contributed by atoms with Crippen LogP contribution in [0, 0.1) is 0 Å². The van der Waals surface area contributed by atoms with E-state index in [1.54, 1.807) is 0 Å². The van der Waals surface area contributed by atoms with Crippen molar-refractivity contribution in [3.05, 3.63) is 194 Å². The molecule has 0 fully saturated rings. The van der Waals surface area contributed by atoms with Crippen molar-refractivity contribution in [3.8, 4) is 50.8 Å². The van der Waals surface area contributed by atoms with E-state index in [4.69, 9.17) is 24.9 Å². The van der Waals surface area contributed by atoms with Crippen molar-refractivity contribution in [2.45, 2.75) is 0 Å². The van der Waals surface area contributed by atoms with Gasteiger partial charge in [-0.15, -0.1) is 0 Å². The van der Waals surface area contributed by atoms with Crippen LogP contribution in [0.2, 0.25) is 0 Å². The van der Waals surface area contributed by atoms with Gasteiger partial charge >= 0.3 is 0 Å². The Labute approximate surface area is 338 Å². The fourth-order valence-corrected chi connectivity index (χ4v) is 8.54. The summed E-state index contributed by atoms with van der Waals surface area (Å²) >= 11 is 0. The zero-order chi connectivity index (χ0) is 38.9. The standard InChI is InChI=1S/C53H32N6/c1-6-14-45-33(9-1)17-24-48(56-45)37-19-23-44(54-31-37)36-21-27-51-42(29-36)43-30-41(50-26-20-38(32-55-50)49-25-18-34-10-2-7-15-46(34)57-49)39-12-4-5-13-40(39)53(43)59(51)52-28-22-35-11-3-8-16-47(35)58-52/h1-32H. The smallest absolute Gasteiger partial charge is 0.138 e. The van der Waals surface area contributed by atoms with Crippen LogP contribution in [-0.2, 0) is 0 Å². The number of para-hydroxylation sites is 3. The van der Waals surface area contributed by atoms with Gasteiger partial charge in [0.25, 0.3) is 0 Å². The van der Waals surface area contributed by atoms with Gasteiger partial charge in [-0.3, -0.25) is 14.5 Å². The minimum atomic E-state index is 0.866. The Kier molecular flexibility index (Phi) is 7.43. The second kappa shape index (κ2) is 13.3. The number of hydrogen-bond donors (Lipinski definition) is 0. The SMILES string of the molecule is c1ccc2nc(-c3ccc(-c4ccc5c(c4)c4cc(-c6ccc(-c7ccc8ccccc8n7)cn6)c6ccccc6c4n5-c4ccc5ccccc5n4)nc3)ccc2c1. The maximum absolute atomic E-state index is 5.23. The van der Waals surface area contributed by atoms with E-state index in [1.807, 2.05) is 54.9 Å². The van der Waals surface area contributed by atoms with Crippen LogP contribution >= 0.6 is 0 Å². The van der Waals surface area contributed by atoms with E-state index in [1.165, 1.54) is 0 Å². The van der Waals surface area contributed by atoms with Gasteiger partial charge in [-0.25, -0.2) is 15.0 Å². The monoisotopic (exact) mass is 752 g/mol. The summed E-state index contributed by atoms with van der Waals surface area (Å²) in [7, 11) is 0. The van der Waals surface area contributed by atoms with Crippen LogP contribution in [0.15, 0.2) is 194 Å². The summed E-state index contributed by atoms with van der Waals surface area (Å²) in [5.74, 6) is 0.866. The predicted molar refractivity (Wildman–Crippen MR) is 242 cm³/mol. The number of aromatic nitrogens is 6. The number of rotatable bonds is 5. The van der Waals surface area contributed by atoms with Crippen molar-refractivity contribution >= 4 is 65.3 Å². The van der Waals surface area contributed by atoms with Crippen molar-refractivity contribution in [2.24, 2.45) is 0 Å². The molecule has 0 aliphatic rings. The maximum Gasteiger partial charge on any atom is 0.138 e. The van der Waals surface area contributed by atoms with Gasteiger partial charge in [0.05, 0.1) is 50.4 Å². The summed E-state index contributed by atoms with van der Waals surface area (Å²) in [6.45, 7) is 0. The van der Waals surface area contributed by atoms with Gasteiger partial charge in [0.15, 0.2) is 0 Å². The van der Waals surface area contributed by atoms with Crippen molar-refractivity contribution in [3.63, 3.8) is 0 Å². The van der Waals surface area contributed by atoms with Gasteiger partial charge in [0.2, 0.25) is 0 Å². The lowest BCUT2D eigenvalue weighted by Crippen LogP contribution is -1.98. The lowest BCUT2D eigenvalue weighted by Gasteiger charge is -2.13. The van der Waals surface area contributed by atoms with E-state index < -0.39 is 0 Å². The van der Waals surface area contributed by atoms with Crippen LogP contribution in [0.25, 0.3) is 116 Å². The highest BCUT2D eigenvalue weighted by atomic mass is 15.1. The third-order valence-corrected chi connectivity index (χ3v) is 11.5. The summed E-state index contributed by atoms with van der Waals surface area (Å²) in [6, 6.07) is 63.3. The number of nitrogens with zero attached hydrogens (tertiary/aromatic N) is 6. The van der Waals surface area contributed by atoms with Gasteiger partial charge in [-0.05, 0) is 90.3 Å². The largest absolute Gasteiger partial charge is 0.293 e. The molecule has 0 amide bonds. The molecular weight excluding hydrogens is 721 g/mol. The topological polar surface area (TPSA) is 69.4 Å². The molecule has 0 atom stereocenters. The Bertz CT molecular complexity index is 3610. The first-order valence-electron chi connectivity index (χ1n) is 19.7. The highest BCUT2D eigenvalue weighted by Gasteiger charge is 2.20. The average molecular weight is 753 g/mol. The van der Waals surface area contributed by atoms with Crippen molar-refractivity contribution in [1.82, 2.24) is 29.5 Å². The van der Waals surface area contributed by atoms with Crippen molar-refractivity contribution < 1.29 is 0 Å². The molecule has 0 aliphatic carbocycles. The van der Waals surface area contributed by atoms with Crippen LogP contribution in [0.1, 0.15) is 0 Å². The third kappa shape index (κ3) is 5.53.